The fourth-order valence-electron chi connectivity index (χ4n) is 3.27. The second kappa shape index (κ2) is 10.8. The van der Waals surface area contributed by atoms with Crippen molar-refractivity contribution in [2.75, 3.05) is 21.6 Å². The van der Waals surface area contributed by atoms with Gasteiger partial charge in [-0.2, -0.15) is 5.10 Å². The fourth-order valence-corrected chi connectivity index (χ4v) is 3.74. The highest BCUT2D eigenvalue weighted by Crippen LogP contribution is 2.33. The second-order valence-corrected chi connectivity index (χ2v) is 10.4. The van der Waals surface area contributed by atoms with E-state index in [-0.39, 0.29) is 23.0 Å². The summed E-state index contributed by atoms with van der Waals surface area (Å²) in [6.07, 6.45) is 0.139. The third-order valence-corrected chi connectivity index (χ3v) is 5.90. The molecule has 0 saturated heterocycles. The number of aryl methyl sites for hydroxylation is 1. The monoisotopic (exact) mass is 594 g/mol. The molecule has 0 aliphatic carbocycles. The van der Waals surface area contributed by atoms with Crippen LogP contribution in [0.25, 0.3) is 5.69 Å². The van der Waals surface area contributed by atoms with E-state index in [1.54, 1.807) is 57.2 Å². The Bertz CT molecular complexity index is 1170. The molecule has 0 fully saturated rings. The molecule has 34 heavy (non-hydrogen) atoms. The van der Waals surface area contributed by atoms with Crippen molar-refractivity contribution in [2.45, 2.75) is 39.7 Å². The van der Waals surface area contributed by atoms with Crippen LogP contribution in [0.3, 0.4) is 0 Å². The van der Waals surface area contributed by atoms with Crippen LogP contribution in [0.15, 0.2) is 48.5 Å². The van der Waals surface area contributed by atoms with E-state index in [2.05, 4.69) is 27.7 Å². The molecule has 0 atom stereocenters. The molecule has 3 aromatic rings. The summed E-state index contributed by atoms with van der Waals surface area (Å²) in [6.45, 7) is 7.69. The van der Waals surface area contributed by atoms with Gasteiger partial charge in [0.15, 0.2) is 11.5 Å². The number of aromatic nitrogens is 2. The number of ether oxygens (including phenoxy) is 1. The van der Waals surface area contributed by atoms with Gasteiger partial charge in [0.05, 0.1) is 5.69 Å². The van der Waals surface area contributed by atoms with E-state index in [1.165, 1.54) is 9.58 Å². The molecule has 0 spiro atoms. The Labute approximate surface area is 218 Å². The molecule has 9 heteroatoms. The maximum absolute atomic E-state index is 13.4. The molecule has 1 amide bonds. The zero-order chi connectivity index (χ0) is 25.0. The lowest BCUT2D eigenvalue weighted by Crippen LogP contribution is -2.39. The molecule has 0 saturated carbocycles. The number of benzene rings is 2. The number of anilines is 2. The first-order chi connectivity index (χ1) is 16.0. The van der Waals surface area contributed by atoms with Crippen LogP contribution in [0.5, 0.6) is 0 Å². The number of carbonyl (C=O) groups excluding carboxylic acids is 2. The summed E-state index contributed by atoms with van der Waals surface area (Å²) in [7, 11) is 0. The standard InChI is InChI=1S/C25H28ClIN4O3/c1-16-6-8-17(9-7-16)22(32)21-20(28)23(31(29-21)19-12-10-18(26)11-13-19)30(15-5-14-27)24(33)34-25(2,3)4/h6-13H,5,14-15,28H2,1-4H3. The summed E-state index contributed by atoms with van der Waals surface area (Å²) < 4.78 is 7.99. The van der Waals surface area contributed by atoms with E-state index in [4.69, 9.17) is 22.1 Å². The van der Waals surface area contributed by atoms with Gasteiger partial charge in [0.2, 0.25) is 5.78 Å². The maximum Gasteiger partial charge on any atom is 0.416 e. The van der Waals surface area contributed by atoms with E-state index < -0.39 is 11.7 Å². The molecule has 1 aromatic heterocycles. The van der Waals surface area contributed by atoms with E-state index >= 15 is 0 Å². The summed E-state index contributed by atoms with van der Waals surface area (Å²) in [5.74, 6) is -0.0404. The Balaban J connectivity index is 2.19. The molecule has 2 aromatic carbocycles. The van der Waals surface area contributed by atoms with Crippen molar-refractivity contribution in [1.82, 2.24) is 9.78 Å². The first-order valence-electron chi connectivity index (χ1n) is 10.8. The Hall–Kier alpha value is -2.59. The zero-order valence-corrected chi connectivity index (χ0v) is 22.6. The van der Waals surface area contributed by atoms with E-state index in [0.717, 1.165) is 9.99 Å². The number of hydrogen-bond acceptors (Lipinski definition) is 5. The van der Waals surface area contributed by atoms with Crippen molar-refractivity contribution in [3.8, 4) is 5.69 Å². The van der Waals surface area contributed by atoms with Crippen LogP contribution < -0.4 is 10.6 Å². The Morgan fingerprint density at radius 2 is 1.74 bits per heavy atom. The van der Waals surface area contributed by atoms with Gasteiger partial charge in [0, 0.05) is 21.6 Å². The average Bonchev–Trinajstić information content (AvgIpc) is 3.10. The number of nitrogen functional groups attached to an aromatic ring is 1. The normalized spacial score (nSPS) is 11.4. The lowest BCUT2D eigenvalue weighted by Gasteiger charge is -2.28. The smallest absolute Gasteiger partial charge is 0.416 e. The minimum absolute atomic E-state index is 0.0665. The number of ketones is 1. The number of nitrogens with two attached hydrogens (primary N) is 1. The molecule has 0 bridgehead atoms. The summed E-state index contributed by atoms with van der Waals surface area (Å²) in [4.78, 5) is 28.0. The highest BCUT2D eigenvalue weighted by molar-refractivity contribution is 14.1. The Morgan fingerprint density at radius 1 is 1.12 bits per heavy atom. The number of carbonyl (C=O) groups is 2. The minimum atomic E-state index is -0.708. The number of nitrogens with zero attached hydrogens (tertiary/aromatic N) is 3. The topological polar surface area (TPSA) is 90.5 Å². The van der Waals surface area contributed by atoms with Crippen molar-refractivity contribution in [3.63, 3.8) is 0 Å². The number of rotatable bonds is 7. The summed E-state index contributed by atoms with van der Waals surface area (Å²) in [5, 5.41) is 5.12. The van der Waals surface area contributed by atoms with Gasteiger partial charge >= 0.3 is 6.09 Å². The highest BCUT2D eigenvalue weighted by Gasteiger charge is 2.32. The SMILES string of the molecule is Cc1ccc(C(=O)c2nn(-c3ccc(Cl)cc3)c(N(CCCI)C(=O)OC(C)(C)C)c2N)cc1. The molecule has 180 valence electrons. The van der Waals surface area contributed by atoms with Gasteiger partial charge in [0.1, 0.15) is 11.3 Å². The molecule has 3 rings (SSSR count). The first-order valence-corrected chi connectivity index (χ1v) is 12.7. The van der Waals surface area contributed by atoms with Crippen LogP contribution in [0, 0.1) is 6.92 Å². The van der Waals surface area contributed by atoms with Gasteiger partial charge < -0.3 is 10.5 Å². The molecular weight excluding hydrogens is 567 g/mol. The van der Waals surface area contributed by atoms with Gasteiger partial charge in [0.25, 0.3) is 0 Å². The molecule has 0 aliphatic heterocycles. The van der Waals surface area contributed by atoms with Gasteiger partial charge in [-0.05, 0) is 58.4 Å². The summed E-state index contributed by atoms with van der Waals surface area (Å²) >= 11 is 8.33. The molecule has 0 unspecified atom stereocenters. The lowest BCUT2D eigenvalue weighted by molar-refractivity contribution is 0.0578. The highest BCUT2D eigenvalue weighted by atomic mass is 127. The minimum Gasteiger partial charge on any atom is -0.443 e. The second-order valence-electron chi connectivity index (χ2n) is 8.84. The lowest BCUT2D eigenvalue weighted by atomic mass is 10.1. The third kappa shape index (κ3) is 6.09. The predicted octanol–water partition coefficient (Wildman–Crippen LogP) is 6.21. The van der Waals surface area contributed by atoms with Crippen LogP contribution >= 0.6 is 34.2 Å². The van der Waals surface area contributed by atoms with Crippen LogP contribution in [0.1, 0.15) is 48.8 Å². The van der Waals surface area contributed by atoms with Crippen molar-refractivity contribution < 1.29 is 14.3 Å². The summed E-state index contributed by atoms with van der Waals surface area (Å²) in [5.41, 5.74) is 8.10. The van der Waals surface area contributed by atoms with Gasteiger partial charge in [-0.1, -0.05) is 64.0 Å². The molecule has 0 aliphatic rings. The van der Waals surface area contributed by atoms with E-state index in [1.807, 2.05) is 19.1 Å². The van der Waals surface area contributed by atoms with Crippen molar-refractivity contribution in [1.29, 1.82) is 0 Å². The molecular formula is C25H28ClIN4O3. The Morgan fingerprint density at radius 3 is 2.29 bits per heavy atom. The molecule has 0 radical (unpaired) electrons. The number of hydrogen-bond donors (Lipinski definition) is 1. The van der Waals surface area contributed by atoms with Gasteiger partial charge in [-0.25, -0.2) is 9.48 Å². The predicted molar refractivity (Wildman–Crippen MR) is 145 cm³/mol. The van der Waals surface area contributed by atoms with Crippen LogP contribution in [0.4, 0.5) is 16.3 Å². The van der Waals surface area contributed by atoms with Crippen molar-refractivity contribution in [2.24, 2.45) is 0 Å². The summed E-state index contributed by atoms with van der Waals surface area (Å²) in [6, 6.07) is 14.1. The van der Waals surface area contributed by atoms with Crippen LogP contribution in [-0.2, 0) is 4.74 Å². The maximum atomic E-state index is 13.4. The van der Waals surface area contributed by atoms with Crippen LogP contribution in [-0.4, -0.2) is 38.2 Å². The first kappa shape index (κ1) is 26.0. The molecule has 7 nitrogen and oxygen atoms in total. The fraction of sp³-hybridized carbons (Fsp3) is 0.320. The average molecular weight is 595 g/mol. The quantitative estimate of drug-likeness (QED) is 0.199. The molecule has 2 N–H and O–H groups in total. The van der Waals surface area contributed by atoms with Gasteiger partial charge in [-0.3, -0.25) is 9.69 Å². The molecule has 1 heterocycles. The van der Waals surface area contributed by atoms with E-state index in [9.17, 15) is 9.59 Å². The van der Waals surface area contributed by atoms with E-state index in [0.29, 0.717) is 29.2 Å². The number of amides is 1. The number of halogens is 2. The zero-order valence-electron chi connectivity index (χ0n) is 19.6. The van der Waals surface area contributed by atoms with Crippen molar-refractivity contribution in [3.05, 3.63) is 70.4 Å². The Kier molecular flexibility index (Phi) is 8.25. The third-order valence-electron chi connectivity index (χ3n) is 4.88. The van der Waals surface area contributed by atoms with Gasteiger partial charge in [-0.15, -0.1) is 0 Å². The van der Waals surface area contributed by atoms with Crippen molar-refractivity contribution >= 4 is 57.6 Å². The number of alkyl halides is 1. The van der Waals surface area contributed by atoms with Crippen LogP contribution in [0.2, 0.25) is 5.02 Å². The largest absolute Gasteiger partial charge is 0.443 e.